The Morgan fingerprint density at radius 1 is 0.778 bits per heavy atom. The van der Waals surface area contributed by atoms with Gasteiger partial charge in [-0.3, -0.25) is 9.80 Å². The molecule has 0 amide bonds. The molecule has 0 aromatic heterocycles. The first kappa shape index (κ1) is 14.3. The average Bonchev–Trinajstić information content (AvgIpc) is 2.42. The first-order chi connectivity index (χ1) is 8.86. The van der Waals surface area contributed by atoms with E-state index in [1.54, 1.807) is 0 Å². The van der Waals surface area contributed by atoms with Crippen molar-refractivity contribution in [2.45, 2.75) is 77.3 Å². The first-order valence-electron chi connectivity index (χ1n) is 8.35. The number of nitrogens with zero attached hydrogens (tertiary/aromatic N) is 2. The van der Waals surface area contributed by atoms with E-state index >= 15 is 0 Å². The van der Waals surface area contributed by atoms with Gasteiger partial charge in [-0.2, -0.15) is 0 Å². The number of piperidine rings is 2. The molecule has 0 radical (unpaired) electrons. The van der Waals surface area contributed by atoms with E-state index in [9.17, 15) is 0 Å². The maximum Gasteiger partial charge on any atom is 0.0252 e. The molecule has 0 aromatic rings. The van der Waals surface area contributed by atoms with Crippen LogP contribution in [-0.2, 0) is 0 Å². The van der Waals surface area contributed by atoms with Crippen LogP contribution in [0, 0.1) is 0 Å². The van der Waals surface area contributed by atoms with Crippen LogP contribution in [0.15, 0.2) is 0 Å². The lowest BCUT2D eigenvalue weighted by atomic mass is 9.87. The summed E-state index contributed by atoms with van der Waals surface area (Å²) < 4.78 is 0. The van der Waals surface area contributed by atoms with E-state index in [0.717, 1.165) is 12.1 Å². The highest BCUT2D eigenvalue weighted by Crippen LogP contribution is 2.30. The number of hydrogen-bond acceptors (Lipinski definition) is 2. The van der Waals surface area contributed by atoms with Gasteiger partial charge in [0.2, 0.25) is 0 Å². The van der Waals surface area contributed by atoms with Crippen molar-refractivity contribution in [2.75, 3.05) is 26.2 Å². The van der Waals surface area contributed by atoms with E-state index in [1.807, 2.05) is 0 Å². The van der Waals surface area contributed by atoms with Gasteiger partial charge in [0.05, 0.1) is 0 Å². The number of unbranched alkanes of at least 4 members (excludes halogenated alkanes) is 2. The zero-order chi connectivity index (χ0) is 12.8. The Morgan fingerprint density at radius 3 is 1.61 bits per heavy atom. The maximum atomic E-state index is 2.82. The van der Waals surface area contributed by atoms with Gasteiger partial charge in [0.15, 0.2) is 0 Å². The zero-order valence-electron chi connectivity index (χ0n) is 12.5. The van der Waals surface area contributed by atoms with Crippen LogP contribution in [0.25, 0.3) is 0 Å². The standard InChI is InChI=1S/C16H32N2/c1-3-5-11-17-13-7-10-16-15(17)9-8-14-18(16)12-6-4-2/h15-16H,3-14H2,1-2H3/t15-,16-/m1/s1. The maximum absolute atomic E-state index is 2.82. The van der Waals surface area contributed by atoms with Gasteiger partial charge >= 0.3 is 0 Å². The molecule has 18 heavy (non-hydrogen) atoms. The molecule has 2 atom stereocenters. The summed E-state index contributed by atoms with van der Waals surface area (Å²) >= 11 is 0. The van der Waals surface area contributed by atoms with Gasteiger partial charge in [0, 0.05) is 12.1 Å². The van der Waals surface area contributed by atoms with E-state index in [2.05, 4.69) is 23.6 Å². The summed E-state index contributed by atoms with van der Waals surface area (Å²) in [6.07, 6.45) is 11.2. The molecular formula is C16H32N2. The molecule has 0 unspecified atom stereocenters. The van der Waals surface area contributed by atoms with Crippen molar-refractivity contribution in [1.82, 2.24) is 9.80 Å². The molecule has 0 aliphatic carbocycles. The van der Waals surface area contributed by atoms with Crippen LogP contribution in [-0.4, -0.2) is 48.1 Å². The summed E-state index contributed by atoms with van der Waals surface area (Å²) in [5.74, 6) is 0. The van der Waals surface area contributed by atoms with Crippen molar-refractivity contribution in [1.29, 1.82) is 0 Å². The molecular weight excluding hydrogens is 220 g/mol. The van der Waals surface area contributed by atoms with Crippen LogP contribution in [0.5, 0.6) is 0 Å². The predicted molar refractivity (Wildman–Crippen MR) is 79.0 cm³/mol. The van der Waals surface area contributed by atoms with Crippen molar-refractivity contribution < 1.29 is 0 Å². The van der Waals surface area contributed by atoms with E-state index in [0.29, 0.717) is 0 Å². The molecule has 106 valence electrons. The predicted octanol–water partition coefficient (Wildman–Crippen LogP) is 3.52. The highest BCUT2D eigenvalue weighted by atomic mass is 15.3. The van der Waals surface area contributed by atoms with E-state index < -0.39 is 0 Å². The second kappa shape index (κ2) is 7.49. The molecule has 2 aliphatic heterocycles. The van der Waals surface area contributed by atoms with Crippen LogP contribution in [0.4, 0.5) is 0 Å². The summed E-state index contributed by atoms with van der Waals surface area (Å²) in [5, 5.41) is 0. The Labute approximate surface area is 114 Å². The zero-order valence-corrected chi connectivity index (χ0v) is 12.5. The molecule has 0 saturated carbocycles. The third-order valence-electron chi connectivity index (χ3n) is 4.87. The fourth-order valence-corrected chi connectivity index (χ4v) is 3.85. The summed E-state index contributed by atoms with van der Waals surface area (Å²) in [5.41, 5.74) is 0. The van der Waals surface area contributed by atoms with Gasteiger partial charge in [0.1, 0.15) is 0 Å². The minimum Gasteiger partial charge on any atom is -0.299 e. The van der Waals surface area contributed by atoms with Crippen molar-refractivity contribution in [3.63, 3.8) is 0 Å². The lowest BCUT2D eigenvalue weighted by Crippen LogP contribution is -2.58. The highest BCUT2D eigenvalue weighted by molar-refractivity contribution is 4.93. The van der Waals surface area contributed by atoms with Crippen LogP contribution in [0.3, 0.4) is 0 Å². The summed E-state index contributed by atoms with van der Waals surface area (Å²) in [6.45, 7) is 10.1. The quantitative estimate of drug-likeness (QED) is 0.714. The Bertz CT molecular complexity index is 205. The molecule has 2 saturated heterocycles. The third-order valence-corrected chi connectivity index (χ3v) is 4.87. The molecule has 0 bridgehead atoms. The Hall–Kier alpha value is -0.0800. The van der Waals surface area contributed by atoms with Gasteiger partial charge < -0.3 is 0 Å². The number of fused-ring (bicyclic) bond motifs is 1. The van der Waals surface area contributed by atoms with E-state index in [-0.39, 0.29) is 0 Å². The van der Waals surface area contributed by atoms with Crippen molar-refractivity contribution in [3.05, 3.63) is 0 Å². The van der Waals surface area contributed by atoms with Crippen LogP contribution < -0.4 is 0 Å². The summed E-state index contributed by atoms with van der Waals surface area (Å²) in [4.78, 5) is 5.63. The van der Waals surface area contributed by atoms with Crippen molar-refractivity contribution in [3.8, 4) is 0 Å². The minimum atomic E-state index is 0.885. The molecule has 2 fully saturated rings. The molecule has 2 heterocycles. The van der Waals surface area contributed by atoms with Gasteiger partial charge in [-0.25, -0.2) is 0 Å². The van der Waals surface area contributed by atoms with Crippen LogP contribution in [0.1, 0.15) is 65.2 Å². The molecule has 2 nitrogen and oxygen atoms in total. The van der Waals surface area contributed by atoms with Crippen molar-refractivity contribution in [2.24, 2.45) is 0 Å². The molecule has 2 aliphatic rings. The average molecular weight is 252 g/mol. The van der Waals surface area contributed by atoms with Gasteiger partial charge in [-0.15, -0.1) is 0 Å². The molecule has 0 N–H and O–H groups in total. The lowest BCUT2D eigenvalue weighted by molar-refractivity contribution is 0.00529. The lowest BCUT2D eigenvalue weighted by Gasteiger charge is -2.49. The fourth-order valence-electron chi connectivity index (χ4n) is 3.85. The molecule has 0 aromatic carbocycles. The number of likely N-dealkylation sites (tertiary alicyclic amines) is 2. The smallest absolute Gasteiger partial charge is 0.0252 e. The second-order valence-corrected chi connectivity index (χ2v) is 6.20. The Kier molecular flexibility index (Phi) is 5.97. The van der Waals surface area contributed by atoms with E-state index in [1.165, 1.54) is 77.5 Å². The molecule has 2 heteroatoms. The largest absolute Gasteiger partial charge is 0.299 e. The SMILES string of the molecule is CCCCN1CCC[C@@H]2[C@H]1CCCN2CCCC. The molecule has 0 spiro atoms. The normalized spacial score (nSPS) is 30.3. The summed E-state index contributed by atoms with van der Waals surface area (Å²) in [6, 6.07) is 1.77. The van der Waals surface area contributed by atoms with Crippen LogP contribution in [0.2, 0.25) is 0 Å². The Balaban J connectivity index is 1.91. The summed E-state index contributed by atoms with van der Waals surface area (Å²) in [7, 11) is 0. The van der Waals surface area contributed by atoms with Crippen LogP contribution >= 0.6 is 0 Å². The van der Waals surface area contributed by atoms with Gasteiger partial charge in [0.25, 0.3) is 0 Å². The first-order valence-corrected chi connectivity index (χ1v) is 8.35. The van der Waals surface area contributed by atoms with E-state index in [4.69, 9.17) is 0 Å². The second-order valence-electron chi connectivity index (χ2n) is 6.20. The third kappa shape index (κ3) is 3.48. The fraction of sp³-hybridized carbons (Fsp3) is 1.00. The topological polar surface area (TPSA) is 6.48 Å². The van der Waals surface area contributed by atoms with Gasteiger partial charge in [-0.05, 0) is 64.7 Å². The number of hydrogen-bond donors (Lipinski definition) is 0. The van der Waals surface area contributed by atoms with Crippen molar-refractivity contribution >= 4 is 0 Å². The van der Waals surface area contributed by atoms with Gasteiger partial charge in [-0.1, -0.05) is 26.7 Å². The monoisotopic (exact) mass is 252 g/mol. The minimum absolute atomic E-state index is 0.885. The number of rotatable bonds is 6. The highest BCUT2D eigenvalue weighted by Gasteiger charge is 2.36. The Morgan fingerprint density at radius 2 is 1.22 bits per heavy atom. The molecule has 2 rings (SSSR count).